The highest BCUT2D eigenvalue weighted by Gasteiger charge is 2.16. The molecule has 1 aromatic carbocycles. The van der Waals surface area contributed by atoms with Gasteiger partial charge in [-0.15, -0.1) is 10.2 Å². The second-order valence-corrected chi connectivity index (χ2v) is 5.01. The van der Waals surface area contributed by atoms with Crippen LogP contribution in [-0.4, -0.2) is 39.0 Å². The number of aromatic nitrogens is 4. The number of halogens is 2. The molecule has 0 aliphatic carbocycles. The summed E-state index contributed by atoms with van der Waals surface area (Å²) in [6.07, 6.45) is 3.38. The Morgan fingerprint density at radius 3 is 2.48 bits per heavy atom. The van der Waals surface area contributed by atoms with Crippen LogP contribution in [0, 0.1) is 11.6 Å². The van der Waals surface area contributed by atoms with Crippen molar-refractivity contribution in [2.45, 2.75) is 0 Å². The van der Waals surface area contributed by atoms with Gasteiger partial charge in [0.2, 0.25) is 0 Å². The van der Waals surface area contributed by atoms with Gasteiger partial charge >= 0.3 is 0 Å². The van der Waals surface area contributed by atoms with E-state index in [1.54, 1.807) is 35.3 Å². The van der Waals surface area contributed by atoms with Crippen LogP contribution in [0.1, 0.15) is 10.4 Å². The number of anilines is 1. The van der Waals surface area contributed by atoms with Crippen LogP contribution < -0.4 is 10.6 Å². The Kier molecular flexibility index (Phi) is 4.93. The van der Waals surface area contributed by atoms with E-state index in [0.29, 0.717) is 18.2 Å². The Morgan fingerprint density at radius 2 is 1.84 bits per heavy atom. The maximum atomic E-state index is 13.5. The summed E-state index contributed by atoms with van der Waals surface area (Å²) in [7, 11) is 0. The average molecular weight is 344 g/mol. The van der Waals surface area contributed by atoms with Crippen molar-refractivity contribution in [2.24, 2.45) is 0 Å². The quantitative estimate of drug-likeness (QED) is 0.666. The highest BCUT2D eigenvalue weighted by molar-refractivity contribution is 5.94. The predicted octanol–water partition coefficient (Wildman–Crippen LogP) is 1.78. The minimum atomic E-state index is -0.898. The third-order valence-electron chi connectivity index (χ3n) is 3.30. The Balaban J connectivity index is 1.49. The van der Waals surface area contributed by atoms with Gasteiger partial charge in [-0.25, -0.2) is 13.5 Å². The number of amides is 1. The summed E-state index contributed by atoms with van der Waals surface area (Å²) >= 11 is 0. The van der Waals surface area contributed by atoms with Crippen LogP contribution in [0.15, 0.2) is 48.8 Å². The summed E-state index contributed by atoms with van der Waals surface area (Å²) < 4.78 is 28.5. The van der Waals surface area contributed by atoms with Crippen molar-refractivity contribution >= 4 is 11.7 Å². The summed E-state index contributed by atoms with van der Waals surface area (Å²) in [6.45, 7) is 0.479. The Labute approximate surface area is 141 Å². The number of carbonyl (C=O) groups excluding carboxylic acids is 1. The molecule has 7 nitrogen and oxygen atoms in total. The van der Waals surface area contributed by atoms with E-state index in [2.05, 4.69) is 25.9 Å². The van der Waals surface area contributed by atoms with Gasteiger partial charge in [-0.05, 0) is 30.3 Å². The van der Waals surface area contributed by atoms with E-state index in [-0.39, 0.29) is 6.54 Å². The Bertz CT molecular complexity index is 831. The van der Waals surface area contributed by atoms with Crippen LogP contribution in [0.5, 0.6) is 0 Å². The lowest BCUT2D eigenvalue weighted by Gasteiger charge is -2.08. The van der Waals surface area contributed by atoms with Crippen molar-refractivity contribution < 1.29 is 13.6 Å². The van der Waals surface area contributed by atoms with Crippen LogP contribution in [0.2, 0.25) is 0 Å². The Morgan fingerprint density at radius 1 is 1.04 bits per heavy atom. The summed E-state index contributed by atoms with van der Waals surface area (Å²) in [4.78, 5) is 11.8. The third-order valence-corrected chi connectivity index (χ3v) is 3.30. The van der Waals surface area contributed by atoms with Gasteiger partial charge in [-0.1, -0.05) is 6.07 Å². The smallest absolute Gasteiger partial charge is 0.257 e. The number of hydrogen-bond donors (Lipinski definition) is 2. The van der Waals surface area contributed by atoms with Gasteiger partial charge < -0.3 is 10.6 Å². The molecule has 0 unspecified atom stereocenters. The molecule has 0 bridgehead atoms. The summed E-state index contributed by atoms with van der Waals surface area (Å²) in [5.74, 6) is -1.53. The minimum Gasteiger partial charge on any atom is -0.367 e. The average Bonchev–Trinajstić information content (AvgIpc) is 3.14. The zero-order valence-corrected chi connectivity index (χ0v) is 13.0. The Hall–Kier alpha value is -3.36. The molecule has 2 N–H and O–H groups in total. The summed E-state index contributed by atoms with van der Waals surface area (Å²) in [6, 6.07) is 8.49. The van der Waals surface area contributed by atoms with Crippen LogP contribution in [0.4, 0.5) is 14.6 Å². The number of rotatable bonds is 6. The standard InChI is InChI=1S/C16H14F2N6O/c17-11-3-1-4-12(18)15(11)16(25)20-9-8-19-13-5-6-14(23-22-13)24-10-2-7-21-24/h1-7,10H,8-9H2,(H,19,22)(H,20,25). The molecule has 0 saturated heterocycles. The molecular weight excluding hydrogens is 330 g/mol. The molecule has 0 fully saturated rings. The van der Waals surface area contributed by atoms with Gasteiger partial charge in [0.15, 0.2) is 5.82 Å². The maximum absolute atomic E-state index is 13.5. The van der Waals surface area contributed by atoms with Gasteiger partial charge in [0.05, 0.1) is 0 Å². The van der Waals surface area contributed by atoms with Crippen LogP contribution in [0.3, 0.4) is 0 Å². The van der Waals surface area contributed by atoms with Gasteiger partial charge in [0.1, 0.15) is 23.0 Å². The van der Waals surface area contributed by atoms with Crippen LogP contribution in [-0.2, 0) is 0 Å². The topological polar surface area (TPSA) is 84.7 Å². The SMILES string of the molecule is O=C(NCCNc1ccc(-n2cccn2)nn1)c1c(F)cccc1F. The molecule has 0 radical (unpaired) electrons. The molecular formula is C16H14F2N6O. The summed E-state index contributed by atoms with van der Waals surface area (Å²) in [5, 5.41) is 17.4. The predicted molar refractivity (Wildman–Crippen MR) is 86.3 cm³/mol. The van der Waals surface area contributed by atoms with Gasteiger partial charge in [-0.3, -0.25) is 4.79 Å². The molecule has 0 atom stereocenters. The number of nitrogens with one attached hydrogen (secondary N) is 2. The van der Waals surface area contributed by atoms with Gasteiger partial charge in [0, 0.05) is 25.5 Å². The van der Waals surface area contributed by atoms with Crippen molar-refractivity contribution in [1.82, 2.24) is 25.3 Å². The van der Waals surface area contributed by atoms with Crippen molar-refractivity contribution in [1.29, 1.82) is 0 Å². The molecule has 0 saturated carbocycles. The monoisotopic (exact) mass is 344 g/mol. The van der Waals surface area contributed by atoms with E-state index in [9.17, 15) is 13.6 Å². The van der Waals surface area contributed by atoms with E-state index in [4.69, 9.17) is 0 Å². The maximum Gasteiger partial charge on any atom is 0.257 e. The lowest BCUT2D eigenvalue weighted by atomic mass is 10.2. The summed E-state index contributed by atoms with van der Waals surface area (Å²) in [5.41, 5.74) is -0.592. The molecule has 0 aliphatic rings. The van der Waals surface area contributed by atoms with Crippen molar-refractivity contribution in [3.63, 3.8) is 0 Å². The van der Waals surface area contributed by atoms with Crippen molar-refractivity contribution in [3.8, 4) is 5.82 Å². The molecule has 9 heteroatoms. The molecule has 3 aromatic rings. The largest absolute Gasteiger partial charge is 0.367 e. The fraction of sp³-hybridized carbons (Fsp3) is 0.125. The van der Waals surface area contributed by atoms with E-state index in [1.807, 2.05) is 0 Å². The molecule has 3 rings (SSSR count). The highest BCUT2D eigenvalue weighted by atomic mass is 19.1. The number of nitrogens with zero attached hydrogens (tertiary/aromatic N) is 4. The number of hydrogen-bond acceptors (Lipinski definition) is 5. The molecule has 2 heterocycles. The van der Waals surface area contributed by atoms with Crippen molar-refractivity contribution in [3.05, 3.63) is 66.0 Å². The molecule has 1 amide bonds. The first kappa shape index (κ1) is 16.5. The molecule has 0 aliphatic heterocycles. The first-order valence-electron chi connectivity index (χ1n) is 7.45. The normalized spacial score (nSPS) is 10.5. The molecule has 2 aromatic heterocycles. The van der Waals surface area contributed by atoms with E-state index < -0.39 is 23.1 Å². The lowest BCUT2D eigenvalue weighted by Crippen LogP contribution is -2.30. The minimum absolute atomic E-state index is 0.162. The molecule has 0 spiro atoms. The molecule has 128 valence electrons. The number of carbonyl (C=O) groups is 1. The number of benzene rings is 1. The second kappa shape index (κ2) is 7.47. The first-order valence-corrected chi connectivity index (χ1v) is 7.45. The first-order chi connectivity index (χ1) is 12.1. The van der Waals surface area contributed by atoms with E-state index in [0.717, 1.165) is 12.1 Å². The van der Waals surface area contributed by atoms with E-state index in [1.165, 1.54) is 6.07 Å². The van der Waals surface area contributed by atoms with Gasteiger partial charge in [-0.2, -0.15) is 5.10 Å². The van der Waals surface area contributed by atoms with Crippen molar-refractivity contribution in [2.75, 3.05) is 18.4 Å². The zero-order valence-electron chi connectivity index (χ0n) is 13.0. The van der Waals surface area contributed by atoms with E-state index >= 15 is 0 Å². The second-order valence-electron chi connectivity index (χ2n) is 5.01. The third kappa shape index (κ3) is 3.94. The highest BCUT2D eigenvalue weighted by Crippen LogP contribution is 2.11. The van der Waals surface area contributed by atoms with Crippen LogP contribution in [0.25, 0.3) is 5.82 Å². The fourth-order valence-electron chi connectivity index (χ4n) is 2.12. The lowest BCUT2D eigenvalue weighted by molar-refractivity contribution is 0.0946. The fourth-order valence-corrected chi connectivity index (χ4v) is 2.12. The zero-order chi connectivity index (χ0) is 17.6. The van der Waals surface area contributed by atoms with Crippen LogP contribution >= 0.6 is 0 Å². The van der Waals surface area contributed by atoms with Gasteiger partial charge in [0.25, 0.3) is 5.91 Å². The molecule has 25 heavy (non-hydrogen) atoms.